The summed E-state index contributed by atoms with van der Waals surface area (Å²) in [5.74, 6) is 0.902. The van der Waals surface area contributed by atoms with E-state index >= 15 is 0 Å². The average molecular weight is 238 g/mol. The van der Waals surface area contributed by atoms with E-state index in [-0.39, 0.29) is 5.91 Å². The Labute approximate surface area is 101 Å². The van der Waals surface area contributed by atoms with Crippen molar-refractivity contribution in [1.29, 1.82) is 0 Å². The predicted octanol–water partition coefficient (Wildman–Crippen LogP) is 1.88. The molecule has 0 aromatic heterocycles. The van der Waals surface area contributed by atoms with Crippen LogP contribution >= 0.6 is 11.8 Å². The molecule has 4 heteroatoms. The van der Waals surface area contributed by atoms with E-state index in [0.717, 1.165) is 23.6 Å². The molecule has 88 valence electrons. The van der Waals surface area contributed by atoms with Crippen LogP contribution in [0, 0.1) is 0 Å². The van der Waals surface area contributed by atoms with Gasteiger partial charge in [0.05, 0.1) is 0 Å². The van der Waals surface area contributed by atoms with Gasteiger partial charge in [0.15, 0.2) is 0 Å². The molecule has 1 aromatic rings. The minimum Gasteiger partial charge on any atom is -0.352 e. The van der Waals surface area contributed by atoms with Gasteiger partial charge in [-0.05, 0) is 30.7 Å². The number of rotatable bonds is 6. The maximum Gasteiger partial charge on any atom is 0.251 e. The zero-order chi connectivity index (χ0) is 11.8. The Kier molecular flexibility index (Phi) is 5.96. The first-order valence-corrected chi connectivity index (χ1v) is 6.47. The molecule has 1 amide bonds. The van der Waals surface area contributed by atoms with Gasteiger partial charge < -0.3 is 11.1 Å². The van der Waals surface area contributed by atoms with Gasteiger partial charge in [-0.25, -0.2) is 0 Å². The summed E-state index contributed by atoms with van der Waals surface area (Å²) in [6.07, 6.45) is 0.955. The van der Waals surface area contributed by atoms with Gasteiger partial charge in [0.2, 0.25) is 0 Å². The van der Waals surface area contributed by atoms with Crippen molar-refractivity contribution in [1.82, 2.24) is 5.32 Å². The summed E-state index contributed by atoms with van der Waals surface area (Å²) in [6, 6.07) is 7.62. The Morgan fingerprint density at radius 1 is 1.38 bits per heavy atom. The largest absolute Gasteiger partial charge is 0.352 e. The maximum atomic E-state index is 11.6. The summed E-state index contributed by atoms with van der Waals surface area (Å²) in [4.78, 5) is 12.7. The molecule has 0 aliphatic heterocycles. The standard InChI is InChI=1S/C12H18N2OS/c1-2-8-14-12(15)10-3-5-11(6-4-10)16-9-7-13/h3-6H,2,7-9,13H2,1H3,(H,14,15). The molecular weight excluding hydrogens is 220 g/mol. The van der Waals surface area contributed by atoms with Gasteiger partial charge in [0.25, 0.3) is 5.91 Å². The number of thioether (sulfide) groups is 1. The Morgan fingerprint density at radius 2 is 2.06 bits per heavy atom. The lowest BCUT2D eigenvalue weighted by Crippen LogP contribution is -2.23. The van der Waals surface area contributed by atoms with E-state index in [1.165, 1.54) is 0 Å². The molecule has 0 aliphatic carbocycles. The highest BCUT2D eigenvalue weighted by atomic mass is 32.2. The van der Waals surface area contributed by atoms with Gasteiger partial charge in [0, 0.05) is 29.3 Å². The zero-order valence-corrected chi connectivity index (χ0v) is 10.3. The number of nitrogens with one attached hydrogen (secondary N) is 1. The first kappa shape index (κ1) is 13.1. The minimum atomic E-state index is -0.00257. The maximum absolute atomic E-state index is 11.6. The third kappa shape index (κ3) is 4.24. The van der Waals surface area contributed by atoms with E-state index in [2.05, 4.69) is 5.32 Å². The molecule has 1 aromatic carbocycles. The molecule has 0 fully saturated rings. The lowest BCUT2D eigenvalue weighted by atomic mass is 10.2. The summed E-state index contributed by atoms with van der Waals surface area (Å²) in [5, 5.41) is 2.85. The van der Waals surface area contributed by atoms with Crippen LogP contribution in [0.25, 0.3) is 0 Å². The molecule has 0 spiro atoms. The number of carbonyl (C=O) groups is 1. The van der Waals surface area contributed by atoms with Crippen molar-refractivity contribution >= 4 is 17.7 Å². The van der Waals surface area contributed by atoms with Crippen LogP contribution in [0.2, 0.25) is 0 Å². The summed E-state index contributed by atoms with van der Waals surface area (Å²) < 4.78 is 0. The van der Waals surface area contributed by atoms with Crippen LogP contribution in [0.1, 0.15) is 23.7 Å². The van der Waals surface area contributed by atoms with Crippen LogP contribution in [-0.4, -0.2) is 24.7 Å². The summed E-state index contributed by atoms with van der Waals surface area (Å²) >= 11 is 1.70. The number of amides is 1. The van der Waals surface area contributed by atoms with Crippen molar-refractivity contribution in [3.8, 4) is 0 Å². The van der Waals surface area contributed by atoms with Gasteiger partial charge in [-0.2, -0.15) is 0 Å². The van der Waals surface area contributed by atoms with E-state index in [4.69, 9.17) is 5.73 Å². The smallest absolute Gasteiger partial charge is 0.251 e. The molecule has 0 heterocycles. The lowest BCUT2D eigenvalue weighted by Gasteiger charge is -2.04. The SMILES string of the molecule is CCCNC(=O)c1ccc(SCCN)cc1. The molecule has 0 saturated carbocycles. The van der Waals surface area contributed by atoms with Crippen molar-refractivity contribution in [3.63, 3.8) is 0 Å². The third-order valence-corrected chi connectivity index (χ3v) is 3.08. The highest BCUT2D eigenvalue weighted by molar-refractivity contribution is 7.99. The molecule has 16 heavy (non-hydrogen) atoms. The van der Waals surface area contributed by atoms with E-state index < -0.39 is 0 Å². The van der Waals surface area contributed by atoms with Crippen molar-refractivity contribution in [2.45, 2.75) is 18.2 Å². The Bertz CT molecular complexity index is 324. The van der Waals surface area contributed by atoms with Crippen LogP contribution in [0.15, 0.2) is 29.2 Å². The first-order valence-electron chi connectivity index (χ1n) is 5.49. The Hall–Kier alpha value is -1.00. The van der Waals surface area contributed by atoms with Crippen LogP contribution < -0.4 is 11.1 Å². The molecule has 0 unspecified atom stereocenters. The highest BCUT2D eigenvalue weighted by Gasteiger charge is 2.03. The second-order valence-electron chi connectivity index (χ2n) is 3.42. The van der Waals surface area contributed by atoms with Crippen LogP contribution in [0.3, 0.4) is 0 Å². The number of hydrogen-bond donors (Lipinski definition) is 2. The number of benzene rings is 1. The average Bonchev–Trinajstić information content (AvgIpc) is 2.34. The van der Waals surface area contributed by atoms with Crippen molar-refractivity contribution in [2.75, 3.05) is 18.8 Å². The van der Waals surface area contributed by atoms with Crippen molar-refractivity contribution < 1.29 is 4.79 Å². The van der Waals surface area contributed by atoms with Crippen molar-refractivity contribution in [3.05, 3.63) is 29.8 Å². The van der Waals surface area contributed by atoms with E-state index in [9.17, 15) is 4.79 Å². The monoisotopic (exact) mass is 238 g/mol. The van der Waals surface area contributed by atoms with Crippen LogP contribution in [0.4, 0.5) is 0 Å². The molecule has 0 atom stereocenters. The van der Waals surface area contributed by atoms with E-state index in [1.54, 1.807) is 11.8 Å². The van der Waals surface area contributed by atoms with Crippen LogP contribution in [-0.2, 0) is 0 Å². The van der Waals surface area contributed by atoms with Gasteiger partial charge >= 0.3 is 0 Å². The zero-order valence-electron chi connectivity index (χ0n) is 9.53. The van der Waals surface area contributed by atoms with Gasteiger partial charge in [-0.1, -0.05) is 6.92 Å². The van der Waals surface area contributed by atoms with E-state index in [1.807, 2.05) is 31.2 Å². The fraction of sp³-hybridized carbons (Fsp3) is 0.417. The second-order valence-corrected chi connectivity index (χ2v) is 4.59. The quantitative estimate of drug-likeness (QED) is 0.744. The number of carbonyl (C=O) groups excluding carboxylic acids is 1. The summed E-state index contributed by atoms with van der Waals surface area (Å²) in [5.41, 5.74) is 6.14. The summed E-state index contributed by atoms with van der Waals surface area (Å²) in [7, 11) is 0. The molecule has 3 nitrogen and oxygen atoms in total. The third-order valence-electron chi connectivity index (χ3n) is 2.04. The number of nitrogens with two attached hydrogens (primary N) is 1. The number of hydrogen-bond acceptors (Lipinski definition) is 3. The second kappa shape index (κ2) is 7.30. The van der Waals surface area contributed by atoms with Gasteiger partial charge in [-0.15, -0.1) is 11.8 Å². The van der Waals surface area contributed by atoms with Gasteiger partial charge in [0.1, 0.15) is 0 Å². The fourth-order valence-electron chi connectivity index (χ4n) is 1.22. The Morgan fingerprint density at radius 3 is 2.62 bits per heavy atom. The molecule has 0 radical (unpaired) electrons. The molecule has 3 N–H and O–H groups in total. The van der Waals surface area contributed by atoms with E-state index in [0.29, 0.717) is 12.1 Å². The highest BCUT2D eigenvalue weighted by Crippen LogP contribution is 2.17. The van der Waals surface area contributed by atoms with Crippen LogP contribution in [0.5, 0.6) is 0 Å². The normalized spacial score (nSPS) is 10.1. The molecule has 0 bridgehead atoms. The van der Waals surface area contributed by atoms with Crippen molar-refractivity contribution in [2.24, 2.45) is 5.73 Å². The minimum absolute atomic E-state index is 0.00257. The predicted molar refractivity (Wildman–Crippen MR) is 68.8 cm³/mol. The molecular formula is C12H18N2OS. The fourth-order valence-corrected chi connectivity index (χ4v) is 1.90. The molecule has 0 aliphatic rings. The molecule has 1 rings (SSSR count). The lowest BCUT2D eigenvalue weighted by molar-refractivity contribution is 0.0953. The molecule has 0 saturated heterocycles. The summed E-state index contributed by atoms with van der Waals surface area (Å²) in [6.45, 7) is 3.43. The van der Waals surface area contributed by atoms with Gasteiger partial charge in [-0.3, -0.25) is 4.79 Å². The topological polar surface area (TPSA) is 55.1 Å². The first-order chi connectivity index (χ1) is 7.77. The Balaban J connectivity index is 2.53.